The Bertz CT molecular complexity index is 355. The highest BCUT2D eigenvalue weighted by Crippen LogP contribution is 2.34. The number of aromatic nitrogens is 1. The van der Waals surface area contributed by atoms with Crippen LogP contribution < -0.4 is 4.74 Å². The molecule has 0 aliphatic rings. The topological polar surface area (TPSA) is 59.4 Å². The predicted octanol–water partition coefficient (Wildman–Crippen LogP) is 1.55. The number of aldehydes is 1. The smallest absolute Gasteiger partial charge is 0.267 e. The molecule has 0 saturated carbocycles. The standard InChI is InChI=1S/C8H7F2NO3/c1-14-8-6(13)5(7(9)10)2-4(3-12)11-8/h2-3,7,13H,1H3. The lowest BCUT2D eigenvalue weighted by atomic mass is 10.2. The van der Waals surface area contributed by atoms with Crippen LogP contribution in [0.2, 0.25) is 0 Å². The fourth-order valence-corrected chi connectivity index (χ4v) is 0.923. The van der Waals surface area contributed by atoms with Crippen LogP contribution in [0.15, 0.2) is 6.07 Å². The number of aromatic hydroxyl groups is 1. The number of carbonyl (C=O) groups excluding carboxylic acids is 1. The Hall–Kier alpha value is -1.72. The van der Waals surface area contributed by atoms with Gasteiger partial charge in [0.1, 0.15) is 5.69 Å². The maximum absolute atomic E-state index is 12.3. The maximum Gasteiger partial charge on any atom is 0.267 e. The van der Waals surface area contributed by atoms with E-state index in [2.05, 4.69) is 9.72 Å². The molecule has 0 amide bonds. The van der Waals surface area contributed by atoms with Gasteiger partial charge in [0.2, 0.25) is 0 Å². The van der Waals surface area contributed by atoms with E-state index in [4.69, 9.17) is 0 Å². The van der Waals surface area contributed by atoms with Crippen molar-refractivity contribution in [2.45, 2.75) is 6.43 Å². The number of pyridine rings is 1. The van der Waals surface area contributed by atoms with Gasteiger partial charge in [-0.05, 0) is 6.07 Å². The lowest BCUT2D eigenvalue weighted by molar-refractivity contribution is 0.111. The molecule has 1 aromatic heterocycles. The van der Waals surface area contributed by atoms with Crippen molar-refractivity contribution in [3.63, 3.8) is 0 Å². The molecule has 1 N–H and O–H groups in total. The third kappa shape index (κ3) is 1.78. The zero-order chi connectivity index (χ0) is 10.7. The highest BCUT2D eigenvalue weighted by atomic mass is 19.3. The van der Waals surface area contributed by atoms with Gasteiger partial charge in [0.15, 0.2) is 12.0 Å². The zero-order valence-electron chi connectivity index (χ0n) is 7.20. The van der Waals surface area contributed by atoms with Crippen molar-refractivity contribution < 1.29 is 23.4 Å². The summed E-state index contributed by atoms with van der Waals surface area (Å²) in [5.41, 5.74) is -0.881. The number of carbonyl (C=O) groups is 1. The summed E-state index contributed by atoms with van der Waals surface area (Å²) >= 11 is 0. The van der Waals surface area contributed by atoms with Gasteiger partial charge in [-0.25, -0.2) is 13.8 Å². The minimum atomic E-state index is -2.88. The van der Waals surface area contributed by atoms with Gasteiger partial charge in [-0.2, -0.15) is 0 Å². The molecule has 6 heteroatoms. The quantitative estimate of drug-likeness (QED) is 0.757. The second-order valence-electron chi connectivity index (χ2n) is 2.41. The Kier molecular flexibility index (Phi) is 2.95. The molecule has 0 radical (unpaired) electrons. The van der Waals surface area contributed by atoms with Crippen LogP contribution in [0.25, 0.3) is 0 Å². The monoisotopic (exact) mass is 203 g/mol. The number of nitrogens with zero attached hydrogens (tertiary/aromatic N) is 1. The minimum absolute atomic E-state index is 0.213. The van der Waals surface area contributed by atoms with E-state index < -0.39 is 17.7 Å². The van der Waals surface area contributed by atoms with Gasteiger partial charge >= 0.3 is 0 Å². The van der Waals surface area contributed by atoms with Crippen LogP contribution in [0.1, 0.15) is 22.5 Å². The molecule has 0 spiro atoms. The molecular weight excluding hydrogens is 196 g/mol. The molecular formula is C8H7F2NO3. The van der Waals surface area contributed by atoms with Crippen LogP contribution in [0.3, 0.4) is 0 Å². The Morgan fingerprint density at radius 2 is 2.29 bits per heavy atom. The van der Waals surface area contributed by atoms with Gasteiger partial charge in [0.25, 0.3) is 12.3 Å². The predicted molar refractivity (Wildman–Crippen MR) is 42.8 cm³/mol. The van der Waals surface area contributed by atoms with Crippen LogP contribution in [-0.4, -0.2) is 23.5 Å². The van der Waals surface area contributed by atoms with Crippen molar-refractivity contribution in [1.82, 2.24) is 4.98 Å². The molecule has 14 heavy (non-hydrogen) atoms. The first-order valence-corrected chi connectivity index (χ1v) is 3.61. The fraction of sp³-hybridized carbons (Fsp3) is 0.250. The molecule has 0 aromatic carbocycles. The molecule has 0 aliphatic carbocycles. The largest absolute Gasteiger partial charge is 0.503 e. The first-order chi connectivity index (χ1) is 6.60. The highest BCUT2D eigenvalue weighted by Gasteiger charge is 2.19. The van der Waals surface area contributed by atoms with E-state index >= 15 is 0 Å². The Labute approximate surface area is 78.1 Å². The number of rotatable bonds is 3. The van der Waals surface area contributed by atoms with Crippen molar-refractivity contribution in [1.29, 1.82) is 0 Å². The van der Waals surface area contributed by atoms with Gasteiger partial charge in [-0.15, -0.1) is 0 Å². The minimum Gasteiger partial charge on any atom is -0.503 e. The highest BCUT2D eigenvalue weighted by molar-refractivity contribution is 5.73. The second-order valence-corrected chi connectivity index (χ2v) is 2.41. The van der Waals surface area contributed by atoms with Gasteiger partial charge in [-0.3, -0.25) is 4.79 Å². The molecule has 0 aliphatic heterocycles. The van der Waals surface area contributed by atoms with E-state index in [1.807, 2.05) is 0 Å². The molecule has 0 fully saturated rings. The number of methoxy groups -OCH3 is 1. The average molecular weight is 203 g/mol. The summed E-state index contributed by atoms with van der Waals surface area (Å²) < 4.78 is 29.1. The number of alkyl halides is 2. The SMILES string of the molecule is COc1nc(C=O)cc(C(F)F)c1O. The van der Waals surface area contributed by atoms with Crippen LogP contribution in [0.4, 0.5) is 8.78 Å². The van der Waals surface area contributed by atoms with Crippen molar-refractivity contribution in [3.8, 4) is 11.6 Å². The number of ether oxygens (including phenoxy) is 1. The van der Waals surface area contributed by atoms with Crippen molar-refractivity contribution in [2.75, 3.05) is 7.11 Å². The van der Waals surface area contributed by atoms with Crippen LogP contribution in [-0.2, 0) is 0 Å². The summed E-state index contributed by atoms with van der Waals surface area (Å²) in [6.07, 6.45) is -2.58. The molecule has 0 bridgehead atoms. The second kappa shape index (κ2) is 3.99. The number of hydrogen-bond acceptors (Lipinski definition) is 4. The average Bonchev–Trinajstić information content (AvgIpc) is 2.17. The molecule has 0 saturated heterocycles. The molecule has 1 rings (SSSR count). The van der Waals surface area contributed by atoms with Gasteiger partial charge in [0.05, 0.1) is 12.7 Å². The maximum atomic E-state index is 12.3. The van der Waals surface area contributed by atoms with Crippen LogP contribution in [0, 0.1) is 0 Å². The van der Waals surface area contributed by atoms with Crippen LogP contribution in [0.5, 0.6) is 11.6 Å². The molecule has 1 aromatic rings. The molecule has 0 atom stereocenters. The van der Waals surface area contributed by atoms with E-state index in [1.54, 1.807) is 0 Å². The Morgan fingerprint density at radius 3 is 2.71 bits per heavy atom. The fourth-order valence-electron chi connectivity index (χ4n) is 0.923. The van der Waals surface area contributed by atoms with Crippen molar-refractivity contribution in [2.24, 2.45) is 0 Å². The van der Waals surface area contributed by atoms with E-state index in [1.165, 1.54) is 0 Å². The zero-order valence-corrected chi connectivity index (χ0v) is 7.20. The number of halogens is 2. The van der Waals surface area contributed by atoms with Crippen molar-refractivity contribution >= 4 is 6.29 Å². The molecule has 1 heterocycles. The summed E-state index contributed by atoms with van der Waals surface area (Å²) in [7, 11) is 1.16. The van der Waals surface area contributed by atoms with Gasteiger partial charge in [-0.1, -0.05) is 0 Å². The third-order valence-electron chi connectivity index (χ3n) is 1.56. The lowest BCUT2D eigenvalue weighted by Gasteiger charge is -2.07. The number of hydrogen-bond donors (Lipinski definition) is 1. The summed E-state index contributed by atoms with van der Waals surface area (Å²) in [5, 5.41) is 9.20. The molecule has 0 unspecified atom stereocenters. The molecule has 76 valence electrons. The van der Waals surface area contributed by atoms with Gasteiger partial charge in [0, 0.05) is 0 Å². The summed E-state index contributed by atoms with van der Waals surface area (Å²) in [5.74, 6) is -1.13. The van der Waals surface area contributed by atoms with E-state index in [-0.39, 0.29) is 11.6 Å². The third-order valence-corrected chi connectivity index (χ3v) is 1.56. The summed E-state index contributed by atoms with van der Waals surface area (Å²) in [4.78, 5) is 13.8. The van der Waals surface area contributed by atoms with E-state index in [0.717, 1.165) is 13.2 Å². The van der Waals surface area contributed by atoms with E-state index in [0.29, 0.717) is 6.29 Å². The van der Waals surface area contributed by atoms with Crippen molar-refractivity contribution in [3.05, 3.63) is 17.3 Å². The van der Waals surface area contributed by atoms with Crippen LogP contribution >= 0.6 is 0 Å². The first kappa shape index (κ1) is 10.4. The van der Waals surface area contributed by atoms with E-state index in [9.17, 15) is 18.7 Å². The summed E-state index contributed by atoms with van der Waals surface area (Å²) in [6.45, 7) is 0. The normalized spacial score (nSPS) is 10.3. The lowest BCUT2D eigenvalue weighted by Crippen LogP contribution is -1.97. The Morgan fingerprint density at radius 1 is 1.64 bits per heavy atom. The molecule has 4 nitrogen and oxygen atoms in total. The van der Waals surface area contributed by atoms with Gasteiger partial charge < -0.3 is 9.84 Å². The Balaban J connectivity index is 3.34. The first-order valence-electron chi connectivity index (χ1n) is 3.61. The summed E-state index contributed by atoms with van der Waals surface area (Å²) in [6, 6.07) is 0.815.